The summed E-state index contributed by atoms with van der Waals surface area (Å²) in [4.78, 5) is 15.0. The van der Waals surface area contributed by atoms with Gasteiger partial charge >= 0.3 is 0 Å². The van der Waals surface area contributed by atoms with Gasteiger partial charge in [-0.2, -0.15) is 5.10 Å². The first-order valence-corrected chi connectivity index (χ1v) is 11.4. The Labute approximate surface area is 187 Å². The molecule has 2 aromatic rings. The number of hydrogen-bond acceptors (Lipinski definition) is 4. The fourth-order valence-corrected chi connectivity index (χ4v) is 5.06. The van der Waals surface area contributed by atoms with Crippen molar-refractivity contribution in [3.63, 3.8) is 0 Å². The number of ether oxygens (including phenoxy) is 1. The van der Waals surface area contributed by atoms with Crippen LogP contribution in [0.15, 0.2) is 24.3 Å². The molecule has 0 bridgehead atoms. The molecule has 174 valence electrons. The Kier molecular flexibility index (Phi) is 6.40. The van der Waals surface area contributed by atoms with Gasteiger partial charge in [0.25, 0.3) is 12.3 Å². The molecule has 0 unspecified atom stereocenters. The smallest absolute Gasteiger partial charge is 0.263 e. The van der Waals surface area contributed by atoms with E-state index in [1.807, 2.05) is 43.9 Å². The minimum Gasteiger partial charge on any atom is -0.481 e. The van der Waals surface area contributed by atoms with E-state index in [0.29, 0.717) is 31.1 Å². The first-order valence-electron chi connectivity index (χ1n) is 11.4. The molecule has 8 heteroatoms. The molecular weight excluding hydrogens is 414 g/mol. The minimum atomic E-state index is -2.48. The zero-order chi connectivity index (χ0) is 23.0. The Morgan fingerprint density at radius 3 is 2.59 bits per heavy atom. The Bertz CT molecular complexity index is 957. The van der Waals surface area contributed by atoms with E-state index in [1.165, 1.54) is 4.68 Å². The number of fused-ring (bicyclic) bond motifs is 1. The number of likely N-dealkylation sites (tertiary alicyclic amines) is 1. The molecule has 1 aromatic heterocycles. The molecule has 4 atom stereocenters. The fourth-order valence-electron chi connectivity index (χ4n) is 5.06. The van der Waals surface area contributed by atoms with E-state index in [9.17, 15) is 13.6 Å². The molecule has 1 aromatic carbocycles. The topological polar surface area (TPSA) is 59.4 Å². The van der Waals surface area contributed by atoms with Gasteiger partial charge in [0.2, 0.25) is 0 Å². The second kappa shape index (κ2) is 9.08. The van der Waals surface area contributed by atoms with E-state index in [2.05, 4.69) is 16.5 Å². The Hall–Kier alpha value is -2.64. The highest BCUT2D eigenvalue weighted by atomic mass is 19.3. The number of carbonyl (C=O) groups is 1. The number of hydrogen-bond donors (Lipinski definition) is 1. The Morgan fingerprint density at radius 1 is 1.19 bits per heavy atom. The molecule has 4 rings (SSSR count). The third-order valence-electron chi connectivity index (χ3n) is 6.49. The minimum absolute atomic E-state index is 0.0593. The maximum Gasteiger partial charge on any atom is 0.263 e. The molecule has 1 N–H and O–H groups in total. The van der Waals surface area contributed by atoms with Gasteiger partial charge in [-0.05, 0) is 76.1 Å². The predicted molar refractivity (Wildman–Crippen MR) is 119 cm³/mol. The number of nitrogens with one attached hydrogen (secondary N) is 1. The molecule has 1 saturated heterocycles. The highest BCUT2D eigenvalue weighted by Crippen LogP contribution is 2.36. The number of aryl methyl sites for hydroxylation is 3. The van der Waals surface area contributed by atoms with Crippen LogP contribution in [0.2, 0.25) is 0 Å². The van der Waals surface area contributed by atoms with Crippen molar-refractivity contribution in [1.29, 1.82) is 0 Å². The summed E-state index contributed by atoms with van der Waals surface area (Å²) in [7, 11) is 0. The van der Waals surface area contributed by atoms with E-state index in [-0.39, 0.29) is 17.9 Å². The number of halogens is 2. The third kappa shape index (κ3) is 4.74. The van der Waals surface area contributed by atoms with Crippen LogP contribution in [0.4, 0.5) is 14.6 Å². The summed E-state index contributed by atoms with van der Waals surface area (Å²) in [5.74, 6) is 1.37. The maximum atomic E-state index is 13.8. The van der Waals surface area contributed by atoms with E-state index < -0.39 is 18.6 Å². The number of nitrogens with zero attached hydrogens (tertiary/aromatic N) is 3. The molecule has 0 spiro atoms. The van der Waals surface area contributed by atoms with Crippen LogP contribution >= 0.6 is 0 Å². The van der Waals surface area contributed by atoms with Gasteiger partial charge in [-0.3, -0.25) is 4.79 Å². The Balaban J connectivity index is 1.43. The largest absolute Gasteiger partial charge is 0.481 e. The summed E-state index contributed by atoms with van der Waals surface area (Å²) in [5.41, 5.74) is 2.89. The molecular formula is C24H32F2N4O2. The molecule has 0 aliphatic carbocycles. The molecule has 1 amide bonds. The molecule has 0 radical (unpaired) electrons. The number of benzene rings is 1. The predicted octanol–water partition coefficient (Wildman–Crippen LogP) is 4.50. The van der Waals surface area contributed by atoms with Gasteiger partial charge in [0.1, 0.15) is 17.6 Å². The average molecular weight is 447 g/mol. The standard InChI is InChI=1S/C24H32F2N4O2/c1-14-8-15(2)10-19(9-14)32-17(4)24(31)29-7-5-6-18(13-29)20-12-21(23(25)26)30-22(27-20)11-16(3)28-30/h8-11,17-18,20-21,23,27H,5-7,12-13H2,1-4H3/t17-,18-,20-,21+/m0/s1. The quantitative estimate of drug-likeness (QED) is 0.735. The zero-order valence-corrected chi connectivity index (χ0v) is 19.1. The first-order chi connectivity index (χ1) is 15.2. The van der Waals surface area contributed by atoms with Crippen LogP contribution in [0.5, 0.6) is 5.75 Å². The van der Waals surface area contributed by atoms with E-state index in [4.69, 9.17) is 4.74 Å². The van der Waals surface area contributed by atoms with E-state index >= 15 is 0 Å². The van der Waals surface area contributed by atoms with Gasteiger partial charge in [0, 0.05) is 25.2 Å². The summed E-state index contributed by atoms with van der Waals surface area (Å²) < 4.78 is 34.9. The number of anilines is 1. The normalized spacial score (nSPS) is 24.1. The molecule has 32 heavy (non-hydrogen) atoms. The van der Waals surface area contributed by atoms with E-state index in [1.54, 1.807) is 6.92 Å². The molecule has 3 heterocycles. The summed E-state index contributed by atoms with van der Waals surface area (Å²) in [6.07, 6.45) is -1.04. The molecule has 6 nitrogen and oxygen atoms in total. The number of amides is 1. The van der Waals surface area contributed by atoms with Crippen molar-refractivity contribution in [2.24, 2.45) is 5.92 Å². The van der Waals surface area contributed by atoms with Crippen LogP contribution in [-0.2, 0) is 4.79 Å². The lowest BCUT2D eigenvalue weighted by Gasteiger charge is -2.41. The van der Waals surface area contributed by atoms with Crippen LogP contribution in [0.25, 0.3) is 0 Å². The lowest BCUT2D eigenvalue weighted by atomic mass is 9.86. The highest BCUT2D eigenvalue weighted by Gasteiger charge is 2.39. The van der Waals surface area contributed by atoms with Crippen molar-refractivity contribution in [3.8, 4) is 5.75 Å². The van der Waals surface area contributed by atoms with Crippen LogP contribution < -0.4 is 10.1 Å². The Morgan fingerprint density at radius 2 is 1.91 bits per heavy atom. The monoisotopic (exact) mass is 446 g/mol. The van der Waals surface area contributed by atoms with E-state index in [0.717, 1.165) is 29.7 Å². The first kappa shape index (κ1) is 22.6. The van der Waals surface area contributed by atoms with Crippen molar-refractivity contribution in [2.45, 2.75) is 71.6 Å². The van der Waals surface area contributed by atoms with Crippen molar-refractivity contribution in [1.82, 2.24) is 14.7 Å². The average Bonchev–Trinajstić information content (AvgIpc) is 3.11. The summed E-state index contributed by atoms with van der Waals surface area (Å²) >= 11 is 0. The SMILES string of the molecule is Cc1cc(C)cc(O[C@@H](C)C(=O)N2CCC[C@H]([C@@H]3C[C@H](C(F)F)n4nc(C)cc4N3)C2)c1. The zero-order valence-electron chi connectivity index (χ0n) is 19.1. The summed E-state index contributed by atoms with van der Waals surface area (Å²) in [5, 5.41) is 7.66. The number of piperidine rings is 1. The molecule has 2 aliphatic rings. The lowest BCUT2D eigenvalue weighted by Crippen LogP contribution is -2.50. The fraction of sp³-hybridized carbons (Fsp3) is 0.583. The maximum absolute atomic E-state index is 13.8. The van der Waals surface area contributed by atoms with Gasteiger partial charge in [0.05, 0.1) is 5.69 Å². The highest BCUT2D eigenvalue weighted by molar-refractivity contribution is 5.81. The van der Waals surface area contributed by atoms with Crippen LogP contribution in [0.1, 0.15) is 49.0 Å². The second-order valence-electron chi connectivity index (χ2n) is 9.27. The number of rotatable bonds is 5. The number of alkyl halides is 2. The van der Waals surface area contributed by atoms with Crippen LogP contribution in [-0.4, -0.2) is 52.2 Å². The lowest BCUT2D eigenvalue weighted by molar-refractivity contribution is -0.140. The summed E-state index contributed by atoms with van der Waals surface area (Å²) in [6.45, 7) is 8.79. The van der Waals surface area contributed by atoms with Gasteiger partial charge in [0.15, 0.2) is 6.10 Å². The number of carbonyl (C=O) groups excluding carboxylic acids is 1. The van der Waals surface area contributed by atoms with Gasteiger partial charge in [-0.15, -0.1) is 0 Å². The second-order valence-corrected chi connectivity index (χ2v) is 9.27. The van der Waals surface area contributed by atoms with Crippen LogP contribution in [0, 0.1) is 26.7 Å². The molecule has 1 fully saturated rings. The molecule has 2 aliphatic heterocycles. The van der Waals surface area contributed by atoms with Gasteiger partial charge < -0.3 is 15.0 Å². The molecule has 0 saturated carbocycles. The van der Waals surface area contributed by atoms with Gasteiger partial charge in [-0.25, -0.2) is 13.5 Å². The van der Waals surface area contributed by atoms with Crippen LogP contribution in [0.3, 0.4) is 0 Å². The van der Waals surface area contributed by atoms with Gasteiger partial charge in [-0.1, -0.05) is 6.07 Å². The van der Waals surface area contributed by atoms with Crippen molar-refractivity contribution in [3.05, 3.63) is 41.1 Å². The van der Waals surface area contributed by atoms with Crippen molar-refractivity contribution >= 4 is 11.7 Å². The summed E-state index contributed by atoms with van der Waals surface area (Å²) in [6, 6.07) is 6.67. The van der Waals surface area contributed by atoms with Crippen molar-refractivity contribution < 1.29 is 18.3 Å². The van der Waals surface area contributed by atoms with Crippen molar-refractivity contribution in [2.75, 3.05) is 18.4 Å². The number of aromatic nitrogens is 2. The third-order valence-corrected chi connectivity index (χ3v) is 6.49.